The Morgan fingerprint density at radius 1 is 1.50 bits per heavy atom. The van der Waals surface area contributed by atoms with Crippen molar-refractivity contribution in [3.05, 3.63) is 18.2 Å². The van der Waals surface area contributed by atoms with Crippen LogP contribution in [0.2, 0.25) is 0 Å². The molecule has 0 aromatic heterocycles. The van der Waals surface area contributed by atoms with Gasteiger partial charge in [0, 0.05) is 6.04 Å². The molecule has 0 aliphatic heterocycles. The highest BCUT2D eigenvalue weighted by molar-refractivity contribution is 7.89. The zero-order valence-electron chi connectivity index (χ0n) is 8.84. The van der Waals surface area contributed by atoms with Crippen LogP contribution in [0.4, 0.5) is 11.4 Å². The third kappa shape index (κ3) is 3.09. The number of anilines is 2. The minimum absolute atomic E-state index is 0.0191. The van der Waals surface area contributed by atoms with Crippen LogP contribution in [0, 0.1) is 0 Å². The summed E-state index contributed by atoms with van der Waals surface area (Å²) in [5.74, 6) is 0. The van der Waals surface area contributed by atoms with Crippen molar-refractivity contribution < 1.29 is 13.5 Å². The average Bonchev–Trinajstić information content (AvgIpc) is 2.19. The highest BCUT2D eigenvalue weighted by atomic mass is 32.2. The Bertz CT molecular complexity index is 473. The van der Waals surface area contributed by atoms with Gasteiger partial charge in [-0.25, -0.2) is 13.6 Å². The van der Waals surface area contributed by atoms with Crippen molar-refractivity contribution in [3.63, 3.8) is 0 Å². The van der Waals surface area contributed by atoms with Gasteiger partial charge in [-0.2, -0.15) is 0 Å². The van der Waals surface area contributed by atoms with E-state index in [1.165, 1.54) is 18.2 Å². The molecule has 0 spiro atoms. The first-order valence-electron chi connectivity index (χ1n) is 4.64. The topological polar surface area (TPSA) is 118 Å². The number of nitrogens with two attached hydrogens (primary N) is 2. The molecule has 1 aromatic rings. The smallest absolute Gasteiger partial charge is 0.238 e. The molecule has 16 heavy (non-hydrogen) atoms. The van der Waals surface area contributed by atoms with E-state index in [0.717, 1.165) is 0 Å². The number of aliphatic hydroxyl groups is 1. The molecule has 0 radical (unpaired) electrons. The van der Waals surface area contributed by atoms with Crippen LogP contribution in [0.5, 0.6) is 0 Å². The minimum Gasteiger partial charge on any atom is -0.397 e. The van der Waals surface area contributed by atoms with Crippen LogP contribution < -0.4 is 16.2 Å². The Kier molecular flexibility index (Phi) is 3.74. The zero-order chi connectivity index (χ0) is 12.3. The van der Waals surface area contributed by atoms with E-state index >= 15 is 0 Å². The van der Waals surface area contributed by atoms with E-state index in [4.69, 9.17) is 16.0 Å². The molecule has 0 bridgehead atoms. The lowest BCUT2D eigenvalue weighted by Gasteiger charge is -2.15. The summed E-state index contributed by atoms with van der Waals surface area (Å²) in [6, 6.07) is 3.90. The van der Waals surface area contributed by atoms with E-state index in [2.05, 4.69) is 5.32 Å². The molecule has 6 N–H and O–H groups in total. The van der Waals surface area contributed by atoms with Gasteiger partial charge in [0.15, 0.2) is 0 Å². The maximum atomic E-state index is 11.1. The molecular weight excluding hydrogens is 230 g/mol. The Hall–Kier alpha value is -1.31. The van der Waals surface area contributed by atoms with Gasteiger partial charge in [-0.15, -0.1) is 0 Å². The van der Waals surface area contributed by atoms with E-state index in [-0.39, 0.29) is 17.5 Å². The fourth-order valence-corrected chi connectivity index (χ4v) is 1.69. The molecule has 1 rings (SSSR count). The molecule has 0 saturated heterocycles. The van der Waals surface area contributed by atoms with Crippen LogP contribution in [0.25, 0.3) is 0 Å². The van der Waals surface area contributed by atoms with Crippen molar-refractivity contribution in [3.8, 4) is 0 Å². The van der Waals surface area contributed by atoms with Crippen LogP contribution in [-0.4, -0.2) is 26.2 Å². The van der Waals surface area contributed by atoms with Crippen LogP contribution in [-0.2, 0) is 10.0 Å². The number of nitrogen functional groups attached to an aromatic ring is 1. The summed E-state index contributed by atoms with van der Waals surface area (Å²) in [4.78, 5) is -0.0191. The Labute approximate surface area is 94.3 Å². The molecule has 0 amide bonds. The van der Waals surface area contributed by atoms with Crippen molar-refractivity contribution in [2.24, 2.45) is 5.14 Å². The lowest BCUT2D eigenvalue weighted by Crippen LogP contribution is -2.20. The largest absolute Gasteiger partial charge is 0.397 e. The van der Waals surface area contributed by atoms with Crippen LogP contribution >= 0.6 is 0 Å². The summed E-state index contributed by atoms with van der Waals surface area (Å²) in [5.41, 5.74) is 6.49. The molecule has 0 aliphatic rings. The third-order valence-electron chi connectivity index (χ3n) is 2.03. The number of nitrogens with one attached hydrogen (secondary N) is 1. The zero-order valence-corrected chi connectivity index (χ0v) is 9.66. The standard InChI is InChI=1S/C9H15N3O3S/c1-6(5-13)12-9-4-7(16(11,14)15)2-3-8(9)10/h2-4,6,12-13H,5,10H2,1H3,(H2,11,14,15). The Balaban J connectivity index is 3.09. The number of benzene rings is 1. The molecule has 0 heterocycles. The second-order valence-electron chi connectivity index (χ2n) is 3.52. The van der Waals surface area contributed by atoms with Gasteiger partial charge in [0.25, 0.3) is 0 Å². The van der Waals surface area contributed by atoms with Gasteiger partial charge < -0.3 is 16.2 Å². The van der Waals surface area contributed by atoms with Crippen LogP contribution in [0.1, 0.15) is 6.92 Å². The molecule has 90 valence electrons. The van der Waals surface area contributed by atoms with Gasteiger partial charge in [-0.3, -0.25) is 0 Å². The van der Waals surface area contributed by atoms with E-state index in [1.807, 2.05) is 0 Å². The summed E-state index contributed by atoms with van der Waals surface area (Å²) >= 11 is 0. The van der Waals surface area contributed by atoms with Crippen LogP contribution in [0.15, 0.2) is 23.1 Å². The van der Waals surface area contributed by atoms with Crippen molar-refractivity contribution in [1.82, 2.24) is 0 Å². The summed E-state index contributed by atoms with van der Waals surface area (Å²) < 4.78 is 22.2. The van der Waals surface area contributed by atoms with Crippen LogP contribution in [0.3, 0.4) is 0 Å². The Morgan fingerprint density at radius 3 is 2.62 bits per heavy atom. The molecule has 7 heteroatoms. The maximum absolute atomic E-state index is 11.1. The number of hydrogen-bond acceptors (Lipinski definition) is 5. The van der Waals surface area contributed by atoms with Gasteiger partial charge in [0.2, 0.25) is 10.0 Å². The molecule has 1 unspecified atom stereocenters. The van der Waals surface area contributed by atoms with Gasteiger partial charge in [-0.1, -0.05) is 0 Å². The number of aliphatic hydroxyl groups excluding tert-OH is 1. The highest BCUT2D eigenvalue weighted by Gasteiger charge is 2.11. The van der Waals surface area contributed by atoms with Gasteiger partial charge in [0.05, 0.1) is 22.9 Å². The molecule has 1 atom stereocenters. The number of sulfonamides is 1. The Morgan fingerprint density at radius 2 is 2.12 bits per heavy atom. The van der Waals surface area contributed by atoms with Crippen molar-refractivity contribution in [1.29, 1.82) is 0 Å². The number of primary sulfonamides is 1. The van der Waals surface area contributed by atoms with E-state index in [9.17, 15) is 8.42 Å². The number of hydrogen-bond donors (Lipinski definition) is 4. The second kappa shape index (κ2) is 4.69. The molecule has 0 aliphatic carbocycles. The fourth-order valence-electron chi connectivity index (χ4n) is 1.15. The first kappa shape index (κ1) is 12.8. The summed E-state index contributed by atoms with van der Waals surface area (Å²) in [7, 11) is -3.74. The fraction of sp³-hybridized carbons (Fsp3) is 0.333. The molecule has 0 fully saturated rings. The quantitative estimate of drug-likeness (QED) is 0.543. The second-order valence-corrected chi connectivity index (χ2v) is 5.08. The first-order chi connectivity index (χ1) is 7.34. The molecule has 1 aromatic carbocycles. The monoisotopic (exact) mass is 245 g/mol. The third-order valence-corrected chi connectivity index (χ3v) is 2.94. The lowest BCUT2D eigenvalue weighted by molar-refractivity contribution is 0.281. The maximum Gasteiger partial charge on any atom is 0.238 e. The minimum atomic E-state index is -3.74. The lowest BCUT2D eigenvalue weighted by atomic mass is 10.2. The highest BCUT2D eigenvalue weighted by Crippen LogP contribution is 2.22. The van der Waals surface area contributed by atoms with E-state index in [1.54, 1.807) is 6.92 Å². The normalized spacial score (nSPS) is 13.4. The van der Waals surface area contributed by atoms with Crippen molar-refractivity contribution in [2.75, 3.05) is 17.7 Å². The molecule has 0 saturated carbocycles. The first-order valence-corrected chi connectivity index (χ1v) is 6.19. The molecular formula is C9H15N3O3S. The SMILES string of the molecule is CC(CO)Nc1cc(S(N)(=O)=O)ccc1N. The van der Waals surface area contributed by atoms with Crippen molar-refractivity contribution in [2.45, 2.75) is 17.9 Å². The van der Waals surface area contributed by atoms with E-state index < -0.39 is 10.0 Å². The van der Waals surface area contributed by atoms with Crippen molar-refractivity contribution >= 4 is 21.4 Å². The predicted molar refractivity (Wildman–Crippen MR) is 62.4 cm³/mol. The van der Waals surface area contributed by atoms with E-state index in [0.29, 0.717) is 11.4 Å². The van der Waals surface area contributed by atoms with Gasteiger partial charge >= 0.3 is 0 Å². The van der Waals surface area contributed by atoms with Gasteiger partial charge in [0.1, 0.15) is 0 Å². The average molecular weight is 245 g/mol. The predicted octanol–water partition coefficient (Wildman–Crippen LogP) is -0.291. The summed E-state index contributed by atoms with van der Waals surface area (Å²) in [5, 5.41) is 16.7. The number of rotatable bonds is 4. The molecule has 6 nitrogen and oxygen atoms in total. The summed E-state index contributed by atoms with van der Waals surface area (Å²) in [6.45, 7) is 1.65. The summed E-state index contributed by atoms with van der Waals surface area (Å²) in [6.07, 6.45) is 0. The van der Waals surface area contributed by atoms with Gasteiger partial charge in [-0.05, 0) is 25.1 Å².